The highest BCUT2D eigenvalue weighted by atomic mass is 16.5. The van der Waals surface area contributed by atoms with Gasteiger partial charge in [-0.1, -0.05) is 54.6 Å². The Bertz CT molecular complexity index is 1310. The second-order valence-electron chi connectivity index (χ2n) is 8.39. The first-order valence-corrected chi connectivity index (χ1v) is 11.6. The third-order valence-corrected chi connectivity index (χ3v) is 5.87. The van der Waals surface area contributed by atoms with Crippen LogP contribution in [0.15, 0.2) is 79.0 Å². The molecule has 3 aromatic rings. The fraction of sp³-hybridized carbons (Fsp3) is 0.207. The quantitative estimate of drug-likeness (QED) is 0.247. The average Bonchev–Trinajstić information content (AvgIpc) is 2.92. The molecule has 186 valence electrons. The summed E-state index contributed by atoms with van der Waals surface area (Å²) in [5.74, 6) is -2.30. The molecule has 0 aliphatic rings. The smallest absolute Gasteiger partial charge is 0.303 e. The molecule has 0 spiro atoms. The number of amides is 1. The number of ketones is 1. The highest BCUT2D eigenvalue weighted by Gasteiger charge is 2.17. The van der Waals surface area contributed by atoms with E-state index in [1.165, 1.54) is 6.07 Å². The molecule has 7 heteroatoms. The van der Waals surface area contributed by atoms with Crippen LogP contribution in [0.25, 0.3) is 11.1 Å². The lowest BCUT2D eigenvalue weighted by molar-refractivity contribution is -0.137. The van der Waals surface area contributed by atoms with Crippen molar-refractivity contribution in [2.24, 2.45) is 12.8 Å². The van der Waals surface area contributed by atoms with Crippen LogP contribution in [0, 0.1) is 6.92 Å². The highest BCUT2D eigenvalue weighted by molar-refractivity contribution is 6.42. The molecule has 1 heterocycles. The van der Waals surface area contributed by atoms with Gasteiger partial charge in [0.15, 0.2) is 0 Å². The molecule has 3 N–H and O–H groups in total. The molecule has 0 fully saturated rings. The molecule has 7 nitrogen and oxygen atoms in total. The van der Waals surface area contributed by atoms with E-state index in [9.17, 15) is 14.4 Å². The lowest BCUT2D eigenvalue weighted by Gasteiger charge is -2.15. The number of primary amides is 1. The van der Waals surface area contributed by atoms with Crippen LogP contribution in [0.3, 0.4) is 0 Å². The molecule has 1 amide bonds. The van der Waals surface area contributed by atoms with Gasteiger partial charge in [0.25, 0.3) is 5.91 Å². The fourth-order valence-electron chi connectivity index (χ4n) is 3.94. The number of hydrogen-bond acceptors (Lipinski definition) is 4. The van der Waals surface area contributed by atoms with Crippen LogP contribution in [0.2, 0.25) is 0 Å². The number of carboxylic acid groups (broad SMARTS) is 1. The number of carbonyl (C=O) groups is 3. The van der Waals surface area contributed by atoms with Crippen LogP contribution in [-0.4, -0.2) is 33.9 Å². The van der Waals surface area contributed by atoms with Crippen LogP contribution in [0.1, 0.15) is 40.0 Å². The van der Waals surface area contributed by atoms with E-state index in [1.807, 2.05) is 66.3 Å². The molecular formula is C29H30N2O5. The first-order valence-electron chi connectivity index (χ1n) is 11.6. The molecule has 0 atom stereocenters. The summed E-state index contributed by atoms with van der Waals surface area (Å²) in [5, 5.41) is 8.84. The Morgan fingerprint density at radius 1 is 0.944 bits per heavy atom. The molecule has 0 aliphatic heterocycles. The number of aryl methyl sites for hydroxylation is 1. The molecule has 0 saturated carbocycles. The Hall–Kier alpha value is -4.39. The summed E-state index contributed by atoms with van der Waals surface area (Å²) in [4.78, 5) is 35.4. The lowest BCUT2D eigenvalue weighted by Crippen LogP contribution is -2.24. The van der Waals surface area contributed by atoms with Crippen molar-refractivity contribution in [1.82, 2.24) is 4.57 Å². The Morgan fingerprint density at radius 3 is 2.33 bits per heavy atom. The third kappa shape index (κ3) is 6.82. The zero-order chi connectivity index (χ0) is 26.1. The van der Waals surface area contributed by atoms with E-state index >= 15 is 0 Å². The van der Waals surface area contributed by atoms with Crippen molar-refractivity contribution in [2.75, 3.05) is 6.61 Å². The number of ether oxygens (including phenoxy) is 1. The minimum Gasteiger partial charge on any atom is -0.494 e. The van der Waals surface area contributed by atoms with Crippen molar-refractivity contribution in [2.45, 2.75) is 26.2 Å². The fourth-order valence-corrected chi connectivity index (χ4v) is 3.94. The van der Waals surface area contributed by atoms with E-state index < -0.39 is 17.7 Å². The maximum atomic E-state index is 12.8. The highest BCUT2D eigenvalue weighted by Crippen LogP contribution is 2.27. The summed E-state index contributed by atoms with van der Waals surface area (Å²) in [7, 11) is 1.86. The van der Waals surface area contributed by atoms with Crippen molar-refractivity contribution in [3.8, 4) is 16.9 Å². The topological polar surface area (TPSA) is 112 Å². The molecule has 0 bridgehead atoms. The number of benzene rings is 2. The predicted octanol–water partition coefficient (Wildman–Crippen LogP) is 4.63. The summed E-state index contributed by atoms with van der Waals surface area (Å²) in [6, 6.07) is 23.0. The van der Waals surface area contributed by atoms with Gasteiger partial charge >= 0.3 is 5.97 Å². The number of aliphatic carboxylic acids is 1. The van der Waals surface area contributed by atoms with Gasteiger partial charge in [0, 0.05) is 37.3 Å². The number of carboxylic acids is 1. The first-order chi connectivity index (χ1) is 17.3. The number of rotatable bonds is 10. The van der Waals surface area contributed by atoms with Crippen molar-refractivity contribution in [1.29, 1.82) is 0 Å². The number of nitrogens with zero attached hydrogens (tertiary/aromatic N) is 1. The Balaban J connectivity index is 2.11. The minimum atomic E-state index is -1.04. The van der Waals surface area contributed by atoms with E-state index in [0.717, 1.165) is 22.4 Å². The van der Waals surface area contributed by atoms with Gasteiger partial charge in [-0.15, -0.1) is 0 Å². The van der Waals surface area contributed by atoms with Crippen LogP contribution in [0.5, 0.6) is 5.75 Å². The zero-order valence-electron chi connectivity index (χ0n) is 20.4. The summed E-state index contributed by atoms with van der Waals surface area (Å²) >= 11 is 0. The minimum absolute atomic E-state index is 0.0101. The number of hydrogen-bond donors (Lipinski definition) is 2. The number of aromatic nitrogens is 1. The normalized spacial score (nSPS) is 10.4. The monoisotopic (exact) mass is 486 g/mol. The zero-order valence-corrected chi connectivity index (χ0v) is 20.4. The first kappa shape index (κ1) is 26.2. The standard InChI is InChI=1S/C29H30N2O5/c1-20-24(28(34)29(30)35)15-14-23(36-18-8-13-27(32)33)16-17-31(2)26(20)19-22-11-6-7-12-25(22)21-9-4-3-5-10-21/h3-7,9-12,14-17H,8,13,18-19H2,1-2H3,(H2,30,35)(H,32,33). The van der Waals surface area contributed by atoms with Crippen LogP contribution >= 0.6 is 0 Å². The summed E-state index contributed by atoms with van der Waals surface area (Å²) in [5.41, 5.74) is 10.2. The van der Waals surface area contributed by atoms with E-state index in [-0.39, 0.29) is 18.6 Å². The van der Waals surface area contributed by atoms with Gasteiger partial charge in [-0.3, -0.25) is 14.4 Å². The molecular weight excluding hydrogens is 456 g/mol. The van der Waals surface area contributed by atoms with Gasteiger partial charge in [0.05, 0.1) is 6.61 Å². The van der Waals surface area contributed by atoms with Gasteiger partial charge in [0.1, 0.15) is 5.75 Å². The van der Waals surface area contributed by atoms with E-state index in [0.29, 0.717) is 24.2 Å². The molecule has 0 radical (unpaired) electrons. The van der Waals surface area contributed by atoms with Gasteiger partial charge in [-0.2, -0.15) is 0 Å². The number of nitrogens with two attached hydrogens (primary N) is 1. The summed E-state index contributed by atoms with van der Waals surface area (Å²) in [6.07, 6.45) is 2.64. The third-order valence-electron chi connectivity index (χ3n) is 5.87. The Labute approximate surface area is 210 Å². The molecule has 3 rings (SSSR count). The predicted molar refractivity (Wildman–Crippen MR) is 138 cm³/mol. The lowest BCUT2D eigenvalue weighted by atomic mass is 9.94. The molecule has 36 heavy (non-hydrogen) atoms. The summed E-state index contributed by atoms with van der Waals surface area (Å²) in [6.45, 7) is 1.99. The van der Waals surface area contributed by atoms with Crippen molar-refractivity contribution in [3.63, 3.8) is 0 Å². The molecule has 0 unspecified atom stereocenters. The Morgan fingerprint density at radius 2 is 1.64 bits per heavy atom. The van der Waals surface area contributed by atoms with Gasteiger partial charge in [-0.25, -0.2) is 0 Å². The largest absolute Gasteiger partial charge is 0.494 e. The summed E-state index contributed by atoms with van der Waals surface area (Å²) < 4.78 is 7.61. The van der Waals surface area contributed by atoms with Gasteiger partial charge in [-0.05, 0) is 53.8 Å². The molecule has 1 aromatic heterocycles. The number of Topliss-reactive ketones (excluding diaryl/α,β-unsaturated/α-hetero) is 1. The maximum Gasteiger partial charge on any atom is 0.303 e. The average molecular weight is 487 g/mol. The van der Waals surface area contributed by atoms with Gasteiger partial charge < -0.3 is 20.1 Å². The van der Waals surface area contributed by atoms with Crippen LogP contribution in [0.4, 0.5) is 0 Å². The second-order valence-corrected chi connectivity index (χ2v) is 8.39. The van der Waals surface area contributed by atoms with E-state index in [4.69, 9.17) is 15.6 Å². The van der Waals surface area contributed by atoms with Crippen LogP contribution in [-0.2, 0) is 23.1 Å². The SMILES string of the molecule is Cc1c(C(=O)C(N)=O)ccc(OCCCC(=O)O)ccn(C)c1Cc1ccccc1-c1ccccc1. The molecule has 0 aliphatic carbocycles. The maximum absolute atomic E-state index is 12.8. The van der Waals surface area contributed by atoms with Crippen molar-refractivity contribution < 1.29 is 24.2 Å². The second kappa shape index (κ2) is 12.4. The van der Waals surface area contributed by atoms with Crippen LogP contribution < -0.4 is 10.5 Å². The molecule has 0 saturated heterocycles. The Kier molecular flexibility index (Phi) is 9.00. The van der Waals surface area contributed by atoms with Gasteiger partial charge in [0.2, 0.25) is 5.78 Å². The van der Waals surface area contributed by atoms with E-state index in [2.05, 4.69) is 6.07 Å². The van der Waals surface area contributed by atoms with Crippen molar-refractivity contribution >= 4 is 17.7 Å². The van der Waals surface area contributed by atoms with Crippen molar-refractivity contribution in [3.05, 3.63) is 101 Å². The number of carbonyl (C=O) groups excluding carboxylic acids is 2. The van der Waals surface area contributed by atoms with E-state index in [1.54, 1.807) is 19.1 Å². The molecule has 2 aromatic carbocycles.